The lowest BCUT2D eigenvalue weighted by atomic mass is 10.1. The summed E-state index contributed by atoms with van der Waals surface area (Å²) in [5, 5.41) is -0.432. The number of nitrogens with zero attached hydrogens (tertiary/aromatic N) is 2. The van der Waals surface area contributed by atoms with Crippen LogP contribution in [0.3, 0.4) is 0 Å². The largest absolute Gasteiger partial charge is 0.493 e. The molecule has 0 spiro atoms. The predicted molar refractivity (Wildman–Crippen MR) is 107 cm³/mol. The van der Waals surface area contributed by atoms with E-state index in [2.05, 4.69) is 0 Å². The third-order valence-electron chi connectivity index (χ3n) is 4.50. The number of methoxy groups -OCH3 is 1. The van der Waals surface area contributed by atoms with Crippen LogP contribution in [0, 0.1) is 0 Å². The van der Waals surface area contributed by atoms with Crippen LogP contribution < -0.4 is 9.47 Å². The average molecular weight is 404 g/mol. The first-order valence-electron chi connectivity index (χ1n) is 9.27. The number of imide groups is 1. The minimum atomic E-state index is -0.458. The molecule has 0 aromatic heterocycles. The van der Waals surface area contributed by atoms with Gasteiger partial charge in [-0.25, -0.2) is 0 Å². The molecule has 2 aliphatic heterocycles. The number of ether oxygens (including phenoxy) is 2. The first-order chi connectivity index (χ1) is 13.4. The zero-order chi connectivity index (χ0) is 20.3. The highest BCUT2D eigenvalue weighted by Gasteiger charge is 2.37. The van der Waals surface area contributed by atoms with E-state index in [0.717, 1.165) is 29.5 Å². The molecular weight excluding hydrogens is 380 g/mol. The first-order valence-corrected chi connectivity index (χ1v) is 10.1. The summed E-state index contributed by atoms with van der Waals surface area (Å²) in [6.45, 7) is 4.95. The van der Waals surface area contributed by atoms with Gasteiger partial charge in [-0.1, -0.05) is 12.1 Å². The summed E-state index contributed by atoms with van der Waals surface area (Å²) in [6, 6.07) is 5.36. The fraction of sp³-hybridized carbons (Fsp3) is 0.450. The Bertz CT molecular complexity index is 815. The summed E-state index contributed by atoms with van der Waals surface area (Å²) in [5.74, 6) is 0.415. The molecule has 1 aromatic rings. The van der Waals surface area contributed by atoms with Crippen LogP contribution in [0.5, 0.6) is 11.5 Å². The van der Waals surface area contributed by atoms with Gasteiger partial charge in [-0.2, -0.15) is 0 Å². The first kappa shape index (κ1) is 20.3. The van der Waals surface area contributed by atoms with Crippen LogP contribution in [-0.2, 0) is 9.59 Å². The lowest BCUT2D eigenvalue weighted by Crippen LogP contribution is -2.40. The maximum absolute atomic E-state index is 12.7. The van der Waals surface area contributed by atoms with Crippen LogP contribution >= 0.6 is 11.8 Å². The number of hydrogen-bond acceptors (Lipinski definition) is 6. The molecule has 28 heavy (non-hydrogen) atoms. The minimum Gasteiger partial charge on any atom is -0.493 e. The van der Waals surface area contributed by atoms with Crippen molar-refractivity contribution in [3.63, 3.8) is 0 Å². The smallest absolute Gasteiger partial charge is 0.294 e. The van der Waals surface area contributed by atoms with Gasteiger partial charge in [0.2, 0.25) is 5.91 Å². The third kappa shape index (κ3) is 4.32. The Balaban J connectivity index is 1.82. The monoisotopic (exact) mass is 404 g/mol. The van der Waals surface area contributed by atoms with Crippen LogP contribution in [0.2, 0.25) is 0 Å². The summed E-state index contributed by atoms with van der Waals surface area (Å²) in [5.41, 5.74) is 0.643. The number of thioether (sulfide) groups is 1. The lowest BCUT2D eigenvalue weighted by molar-refractivity contribution is -0.135. The summed E-state index contributed by atoms with van der Waals surface area (Å²) in [4.78, 5) is 40.4. The van der Waals surface area contributed by atoms with Crippen LogP contribution in [-0.4, -0.2) is 59.7 Å². The quantitative estimate of drug-likeness (QED) is 0.678. The molecule has 2 aliphatic rings. The minimum absolute atomic E-state index is 0.0865. The fourth-order valence-electron chi connectivity index (χ4n) is 3.15. The zero-order valence-electron chi connectivity index (χ0n) is 16.3. The fourth-order valence-corrected chi connectivity index (χ4v) is 3.98. The second-order valence-electron chi connectivity index (χ2n) is 6.90. The van der Waals surface area contributed by atoms with Crippen molar-refractivity contribution in [2.75, 3.05) is 26.7 Å². The van der Waals surface area contributed by atoms with Crippen molar-refractivity contribution in [1.82, 2.24) is 9.80 Å². The number of para-hydroxylation sites is 1. The Morgan fingerprint density at radius 3 is 2.61 bits per heavy atom. The van der Waals surface area contributed by atoms with E-state index in [9.17, 15) is 14.4 Å². The maximum Gasteiger partial charge on any atom is 0.294 e. The Hall–Kier alpha value is -2.48. The van der Waals surface area contributed by atoms with Gasteiger partial charge in [0.1, 0.15) is 6.54 Å². The van der Waals surface area contributed by atoms with E-state index < -0.39 is 11.1 Å². The number of amides is 3. The molecule has 0 saturated carbocycles. The number of carbonyl (C=O) groups excluding carboxylic acids is 3. The van der Waals surface area contributed by atoms with Crippen LogP contribution in [0.25, 0.3) is 6.08 Å². The van der Waals surface area contributed by atoms with Crippen LogP contribution in [0.4, 0.5) is 4.79 Å². The van der Waals surface area contributed by atoms with E-state index in [1.807, 2.05) is 13.8 Å². The molecule has 0 unspecified atom stereocenters. The predicted octanol–water partition coefficient (Wildman–Crippen LogP) is 3.14. The number of rotatable bonds is 6. The molecule has 3 rings (SSSR count). The molecule has 0 aliphatic carbocycles. The Morgan fingerprint density at radius 1 is 1.25 bits per heavy atom. The normalized spacial score (nSPS) is 18.5. The molecule has 1 aromatic carbocycles. The van der Waals surface area contributed by atoms with Crippen molar-refractivity contribution in [1.29, 1.82) is 0 Å². The second-order valence-corrected chi connectivity index (χ2v) is 7.89. The molecule has 0 atom stereocenters. The van der Waals surface area contributed by atoms with Gasteiger partial charge in [0.15, 0.2) is 11.5 Å². The molecule has 0 N–H and O–H groups in total. The third-order valence-corrected chi connectivity index (χ3v) is 5.40. The van der Waals surface area contributed by atoms with Crippen molar-refractivity contribution >= 4 is 34.9 Å². The SMILES string of the molecule is COc1cccc(/C=C2/SC(=O)N(CC(=O)N3CCCC3)C2=O)c1OC(C)C. The highest BCUT2D eigenvalue weighted by Crippen LogP contribution is 2.37. The summed E-state index contributed by atoms with van der Waals surface area (Å²) < 4.78 is 11.2. The number of likely N-dealkylation sites (tertiary alicyclic amines) is 1. The van der Waals surface area contributed by atoms with Crippen LogP contribution in [0.1, 0.15) is 32.3 Å². The molecule has 2 saturated heterocycles. The van der Waals surface area contributed by atoms with E-state index in [0.29, 0.717) is 30.2 Å². The van der Waals surface area contributed by atoms with E-state index in [-0.39, 0.29) is 23.5 Å². The summed E-state index contributed by atoms with van der Waals surface area (Å²) >= 11 is 0.834. The topological polar surface area (TPSA) is 76.2 Å². The molecule has 3 amide bonds. The Morgan fingerprint density at radius 2 is 1.96 bits per heavy atom. The van der Waals surface area contributed by atoms with Crippen molar-refractivity contribution in [3.05, 3.63) is 28.7 Å². The molecule has 8 heteroatoms. The Kier molecular flexibility index (Phi) is 6.28. The highest BCUT2D eigenvalue weighted by molar-refractivity contribution is 8.18. The molecule has 2 heterocycles. The molecule has 0 bridgehead atoms. The van der Waals surface area contributed by atoms with Gasteiger partial charge < -0.3 is 14.4 Å². The van der Waals surface area contributed by atoms with Crippen molar-refractivity contribution < 1.29 is 23.9 Å². The molecule has 7 nitrogen and oxygen atoms in total. The molecule has 150 valence electrons. The average Bonchev–Trinajstić information content (AvgIpc) is 3.27. The van der Waals surface area contributed by atoms with Gasteiger partial charge in [0.05, 0.1) is 18.1 Å². The van der Waals surface area contributed by atoms with Crippen molar-refractivity contribution in [2.24, 2.45) is 0 Å². The summed E-state index contributed by atoms with van der Waals surface area (Å²) in [6.07, 6.45) is 3.45. The molecular formula is C20H24N2O5S. The van der Waals surface area contributed by atoms with Gasteiger partial charge in [0, 0.05) is 18.7 Å². The number of hydrogen-bond donors (Lipinski definition) is 0. The van der Waals surface area contributed by atoms with Gasteiger partial charge in [-0.05, 0) is 50.6 Å². The molecule has 2 fully saturated rings. The maximum atomic E-state index is 12.7. The van der Waals surface area contributed by atoms with Gasteiger partial charge in [0.25, 0.3) is 11.1 Å². The standard InChI is InChI=1S/C20H24N2O5S/c1-13(2)27-18-14(7-6-8-15(18)26-3)11-16-19(24)22(20(25)28-16)12-17(23)21-9-4-5-10-21/h6-8,11,13H,4-5,9-10,12H2,1-3H3/b16-11+. The lowest BCUT2D eigenvalue weighted by Gasteiger charge is -2.18. The van der Waals surface area contributed by atoms with E-state index in [1.54, 1.807) is 36.3 Å². The van der Waals surface area contributed by atoms with Gasteiger partial charge in [-0.3, -0.25) is 19.3 Å². The summed E-state index contributed by atoms with van der Waals surface area (Å²) in [7, 11) is 1.55. The van der Waals surface area contributed by atoms with E-state index >= 15 is 0 Å². The van der Waals surface area contributed by atoms with Gasteiger partial charge >= 0.3 is 0 Å². The number of carbonyl (C=O) groups is 3. The number of benzene rings is 1. The van der Waals surface area contributed by atoms with Gasteiger partial charge in [-0.15, -0.1) is 0 Å². The van der Waals surface area contributed by atoms with E-state index in [4.69, 9.17) is 9.47 Å². The highest BCUT2D eigenvalue weighted by atomic mass is 32.2. The van der Waals surface area contributed by atoms with E-state index in [1.165, 1.54) is 0 Å². The second kappa shape index (κ2) is 8.68. The zero-order valence-corrected chi connectivity index (χ0v) is 17.1. The molecule has 0 radical (unpaired) electrons. The van der Waals surface area contributed by atoms with Crippen molar-refractivity contribution in [2.45, 2.75) is 32.8 Å². The Labute approximate surface area is 168 Å². The van der Waals surface area contributed by atoms with Crippen LogP contribution in [0.15, 0.2) is 23.1 Å². The van der Waals surface area contributed by atoms with Crippen molar-refractivity contribution in [3.8, 4) is 11.5 Å².